The molecule has 0 amide bonds. The van der Waals surface area contributed by atoms with E-state index in [0.717, 1.165) is 0 Å². The van der Waals surface area contributed by atoms with Crippen LogP contribution in [0.4, 0.5) is 0 Å². The van der Waals surface area contributed by atoms with Crippen LogP contribution in [-0.2, 0) is 38.1 Å². The van der Waals surface area contributed by atoms with Crippen LogP contribution in [0.1, 0.15) is 67.2 Å². The lowest BCUT2D eigenvalue weighted by atomic mass is 9.78. The van der Waals surface area contributed by atoms with E-state index in [1.807, 2.05) is 32.6 Å². The van der Waals surface area contributed by atoms with Crippen molar-refractivity contribution < 1.29 is 43.3 Å². The van der Waals surface area contributed by atoms with Crippen LogP contribution >= 0.6 is 0 Å². The highest BCUT2D eigenvalue weighted by atomic mass is 16.6. The van der Waals surface area contributed by atoms with Gasteiger partial charge in [-0.1, -0.05) is 13.2 Å². The second kappa shape index (κ2) is 15.0. The second-order valence-electron chi connectivity index (χ2n) is 10.8. The predicted molar refractivity (Wildman–Crippen MR) is 139 cm³/mol. The SMILES string of the molecule is C=C(C)C(=O)OCCOC(=O)CCN(CCC(=O)OCCOC(=O)C(=C)C)C1CC(C)(C)N(O)C(C)(C)C1. The van der Waals surface area contributed by atoms with E-state index in [-0.39, 0.29) is 56.5 Å². The van der Waals surface area contributed by atoms with Crippen molar-refractivity contribution in [2.24, 2.45) is 0 Å². The first-order chi connectivity index (χ1) is 17.6. The van der Waals surface area contributed by atoms with Gasteiger partial charge in [0, 0.05) is 41.4 Å². The Labute approximate surface area is 225 Å². The number of hydrogen-bond acceptors (Lipinski definition) is 11. The lowest BCUT2D eigenvalue weighted by molar-refractivity contribution is -0.252. The van der Waals surface area contributed by atoms with Gasteiger partial charge in [0.05, 0.1) is 12.8 Å². The van der Waals surface area contributed by atoms with Crippen LogP contribution in [0.3, 0.4) is 0 Å². The summed E-state index contributed by atoms with van der Waals surface area (Å²) in [6.45, 7) is 18.2. The molecule has 1 aliphatic rings. The number of carbonyl (C=O) groups excluding carboxylic acids is 4. The molecule has 0 unspecified atom stereocenters. The smallest absolute Gasteiger partial charge is 0.333 e. The molecule has 38 heavy (non-hydrogen) atoms. The Kier molecular flexibility index (Phi) is 13.1. The third-order valence-electron chi connectivity index (χ3n) is 6.20. The zero-order valence-electron chi connectivity index (χ0n) is 23.7. The lowest BCUT2D eigenvalue weighted by Crippen LogP contribution is -2.63. The molecule has 216 valence electrons. The summed E-state index contributed by atoms with van der Waals surface area (Å²) < 4.78 is 20.2. The van der Waals surface area contributed by atoms with Crippen molar-refractivity contribution in [2.75, 3.05) is 39.5 Å². The third-order valence-corrected chi connectivity index (χ3v) is 6.20. The molecule has 1 aliphatic heterocycles. The Morgan fingerprint density at radius 3 is 1.45 bits per heavy atom. The summed E-state index contributed by atoms with van der Waals surface area (Å²) in [5.41, 5.74) is -0.519. The normalized spacial score (nSPS) is 16.9. The summed E-state index contributed by atoms with van der Waals surface area (Å²) in [4.78, 5) is 49.6. The monoisotopic (exact) mass is 540 g/mol. The number of ether oxygens (including phenoxy) is 4. The zero-order valence-corrected chi connectivity index (χ0v) is 23.7. The van der Waals surface area contributed by atoms with Crippen molar-refractivity contribution in [3.8, 4) is 0 Å². The van der Waals surface area contributed by atoms with Crippen molar-refractivity contribution in [1.29, 1.82) is 0 Å². The molecule has 0 spiro atoms. The fraction of sp³-hybridized carbons (Fsp3) is 0.704. The molecule has 0 saturated carbocycles. The molecule has 0 aromatic heterocycles. The molecule has 1 N–H and O–H groups in total. The summed E-state index contributed by atoms with van der Waals surface area (Å²) in [5.74, 6) is -2.01. The Balaban J connectivity index is 2.70. The molecule has 1 saturated heterocycles. The molecule has 0 aromatic rings. The second-order valence-corrected chi connectivity index (χ2v) is 10.8. The van der Waals surface area contributed by atoms with E-state index in [1.54, 1.807) is 0 Å². The number of hydrogen-bond donors (Lipinski definition) is 1. The summed E-state index contributed by atoms with van der Waals surface area (Å²) in [7, 11) is 0. The molecule has 1 rings (SSSR count). The van der Waals surface area contributed by atoms with Gasteiger partial charge >= 0.3 is 23.9 Å². The van der Waals surface area contributed by atoms with Crippen LogP contribution in [0.5, 0.6) is 0 Å². The molecule has 0 aliphatic carbocycles. The van der Waals surface area contributed by atoms with Gasteiger partial charge in [0.25, 0.3) is 0 Å². The number of hydroxylamine groups is 2. The minimum atomic E-state index is -0.548. The number of rotatable bonds is 15. The number of carbonyl (C=O) groups is 4. The van der Waals surface area contributed by atoms with Crippen LogP contribution in [0.2, 0.25) is 0 Å². The van der Waals surface area contributed by atoms with Crippen LogP contribution in [0.15, 0.2) is 24.3 Å². The lowest BCUT2D eigenvalue weighted by Gasteiger charge is -2.53. The van der Waals surface area contributed by atoms with Gasteiger partial charge in [-0.3, -0.25) is 14.5 Å². The Hall–Kier alpha value is -2.76. The van der Waals surface area contributed by atoms with Gasteiger partial charge in [-0.25, -0.2) is 9.59 Å². The highest BCUT2D eigenvalue weighted by Crippen LogP contribution is 2.38. The van der Waals surface area contributed by atoms with E-state index >= 15 is 0 Å². The van der Waals surface area contributed by atoms with Crippen LogP contribution in [0.25, 0.3) is 0 Å². The number of esters is 4. The average molecular weight is 541 g/mol. The molecule has 0 radical (unpaired) electrons. The first-order valence-corrected chi connectivity index (χ1v) is 12.8. The molecule has 1 fully saturated rings. The highest BCUT2D eigenvalue weighted by Gasteiger charge is 2.46. The summed E-state index contributed by atoms with van der Waals surface area (Å²) in [6.07, 6.45) is 1.37. The average Bonchev–Trinajstić information content (AvgIpc) is 2.81. The van der Waals surface area contributed by atoms with Gasteiger partial charge in [0.1, 0.15) is 26.4 Å². The van der Waals surface area contributed by atoms with Crippen LogP contribution < -0.4 is 0 Å². The van der Waals surface area contributed by atoms with E-state index in [2.05, 4.69) is 13.2 Å². The molecule has 0 atom stereocenters. The Bertz CT molecular complexity index is 814. The molecular formula is C27H44N2O9. The maximum atomic E-state index is 12.3. The number of nitrogens with zero attached hydrogens (tertiary/aromatic N) is 2. The van der Waals surface area contributed by atoms with E-state index in [9.17, 15) is 24.4 Å². The van der Waals surface area contributed by atoms with E-state index < -0.39 is 35.0 Å². The third kappa shape index (κ3) is 11.3. The molecule has 0 bridgehead atoms. The fourth-order valence-electron chi connectivity index (χ4n) is 4.39. The molecule has 0 aromatic carbocycles. The summed E-state index contributed by atoms with van der Waals surface area (Å²) >= 11 is 0. The van der Waals surface area contributed by atoms with Crippen molar-refractivity contribution >= 4 is 23.9 Å². The fourth-order valence-corrected chi connectivity index (χ4v) is 4.39. The van der Waals surface area contributed by atoms with E-state index in [0.29, 0.717) is 25.9 Å². The summed E-state index contributed by atoms with van der Waals surface area (Å²) in [6, 6.07) is -0.0166. The topological polar surface area (TPSA) is 132 Å². The quantitative estimate of drug-likeness (QED) is 0.142. The van der Waals surface area contributed by atoms with Gasteiger partial charge in [0.2, 0.25) is 0 Å². The molecule has 11 nitrogen and oxygen atoms in total. The predicted octanol–water partition coefficient (Wildman–Crippen LogP) is 2.80. The molecular weight excluding hydrogens is 496 g/mol. The van der Waals surface area contributed by atoms with Crippen LogP contribution in [-0.4, -0.2) is 95.7 Å². The molecule has 1 heterocycles. The first-order valence-electron chi connectivity index (χ1n) is 12.8. The van der Waals surface area contributed by atoms with Gasteiger partial charge in [-0.15, -0.1) is 0 Å². The van der Waals surface area contributed by atoms with Crippen molar-refractivity contribution in [1.82, 2.24) is 9.96 Å². The highest BCUT2D eigenvalue weighted by molar-refractivity contribution is 5.87. The summed E-state index contributed by atoms with van der Waals surface area (Å²) in [5, 5.41) is 12.0. The van der Waals surface area contributed by atoms with E-state index in [4.69, 9.17) is 18.9 Å². The maximum Gasteiger partial charge on any atom is 0.333 e. The van der Waals surface area contributed by atoms with Gasteiger partial charge in [-0.2, -0.15) is 5.06 Å². The minimum absolute atomic E-state index is 0.0166. The standard InChI is InChI=1S/C27H44N2O9/c1-19(2)24(32)37-15-13-35-22(30)9-11-28(21-17-26(5,6)29(34)27(7,8)18-21)12-10-23(31)36-14-16-38-25(33)20(3)4/h21,34H,1,3,9-18H2,2,4-8H3. The minimum Gasteiger partial charge on any atom is -0.462 e. The van der Waals surface area contributed by atoms with Crippen molar-refractivity contribution in [3.63, 3.8) is 0 Å². The first kappa shape index (κ1) is 33.3. The Morgan fingerprint density at radius 2 is 1.11 bits per heavy atom. The molecule has 11 heteroatoms. The Morgan fingerprint density at radius 1 is 0.763 bits per heavy atom. The maximum absolute atomic E-state index is 12.3. The van der Waals surface area contributed by atoms with Gasteiger partial charge in [-0.05, 0) is 54.4 Å². The number of piperidine rings is 1. The van der Waals surface area contributed by atoms with Crippen molar-refractivity contribution in [2.45, 2.75) is 84.3 Å². The van der Waals surface area contributed by atoms with Crippen LogP contribution in [0, 0.1) is 0 Å². The van der Waals surface area contributed by atoms with E-state index in [1.165, 1.54) is 18.9 Å². The zero-order chi connectivity index (χ0) is 29.1. The van der Waals surface area contributed by atoms with Gasteiger partial charge < -0.3 is 24.2 Å². The largest absolute Gasteiger partial charge is 0.462 e. The van der Waals surface area contributed by atoms with Gasteiger partial charge in [0.15, 0.2) is 0 Å². The van der Waals surface area contributed by atoms with Crippen molar-refractivity contribution in [3.05, 3.63) is 24.3 Å².